The van der Waals surface area contributed by atoms with Gasteiger partial charge in [-0.05, 0) is 42.8 Å². The van der Waals surface area contributed by atoms with Gasteiger partial charge in [0.25, 0.3) is 10.0 Å². The van der Waals surface area contributed by atoms with Gasteiger partial charge in [0, 0.05) is 20.1 Å². The van der Waals surface area contributed by atoms with Crippen LogP contribution in [0.5, 0.6) is 11.5 Å². The number of aryl methyl sites for hydroxylation is 1. The van der Waals surface area contributed by atoms with Gasteiger partial charge in [0.1, 0.15) is 0 Å². The summed E-state index contributed by atoms with van der Waals surface area (Å²) in [4.78, 5) is 22.4. The van der Waals surface area contributed by atoms with E-state index in [1.54, 1.807) is 12.1 Å². The van der Waals surface area contributed by atoms with Crippen LogP contribution in [0.2, 0.25) is 0 Å². The van der Waals surface area contributed by atoms with Crippen molar-refractivity contribution in [3.63, 3.8) is 0 Å². The van der Waals surface area contributed by atoms with Gasteiger partial charge in [-0.2, -0.15) is 12.8 Å². The summed E-state index contributed by atoms with van der Waals surface area (Å²) in [7, 11) is -3.86. The number of hydrogen-bond acceptors (Lipinski definition) is 6. The minimum absolute atomic E-state index is 0.00983. The molecule has 0 heterocycles. The molecule has 7 nitrogen and oxygen atoms in total. The SMILES string of the molecule is CC(=O)Oc1ccc(/C=N/S(=O)(=O)c2ccc(C)cc2)cc1OC(C)=O. The molecule has 26 heavy (non-hydrogen) atoms. The van der Waals surface area contributed by atoms with Crippen LogP contribution >= 0.6 is 0 Å². The Kier molecular flexibility index (Phi) is 5.89. The van der Waals surface area contributed by atoms with Gasteiger partial charge in [-0.25, -0.2) is 0 Å². The monoisotopic (exact) mass is 375 g/mol. The van der Waals surface area contributed by atoms with Crippen LogP contribution in [0.25, 0.3) is 0 Å². The first-order valence-corrected chi connectivity index (χ1v) is 8.99. The van der Waals surface area contributed by atoms with Crippen molar-refractivity contribution in [2.24, 2.45) is 4.40 Å². The number of carbonyl (C=O) groups excluding carboxylic acids is 2. The van der Waals surface area contributed by atoms with E-state index in [9.17, 15) is 18.0 Å². The first-order valence-electron chi connectivity index (χ1n) is 7.55. The highest BCUT2D eigenvalue weighted by molar-refractivity contribution is 7.90. The van der Waals surface area contributed by atoms with E-state index < -0.39 is 22.0 Å². The topological polar surface area (TPSA) is 99.1 Å². The van der Waals surface area contributed by atoms with E-state index in [-0.39, 0.29) is 16.4 Å². The Hall–Kier alpha value is -3.00. The third kappa shape index (κ3) is 5.25. The van der Waals surface area contributed by atoms with Gasteiger partial charge in [0.15, 0.2) is 11.5 Å². The Balaban J connectivity index is 2.33. The van der Waals surface area contributed by atoms with E-state index >= 15 is 0 Å². The lowest BCUT2D eigenvalue weighted by Crippen LogP contribution is -2.07. The number of nitrogens with zero attached hydrogens (tertiary/aromatic N) is 1. The molecule has 136 valence electrons. The number of hydrogen-bond donors (Lipinski definition) is 0. The van der Waals surface area contributed by atoms with Crippen LogP contribution in [0.15, 0.2) is 51.8 Å². The van der Waals surface area contributed by atoms with E-state index in [1.165, 1.54) is 44.2 Å². The van der Waals surface area contributed by atoms with E-state index in [2.05, 4.69) is 4.40 Å². The molecule has 0 bridgehead atoms. The average Bonchev–Trinajstić information content (AvgIpc) is 2.54. The number of esters is 2. The molecule has 0 unspecified atom stereocenters. The van der Waals surface area contributed by atoms with Crippen LogP contribution in [-0.2, 0) is 19.6 Å². The molecule has 0 radical (unpaired) electrons. The van der Waals surface area contributed by atoms with E-state index in [1.807, 2.05) is 6.92 Å². The fourth-order valence-corrected chi connectivity index (χ4v) is 2.84. The van der Waals surface area contributed by atoms with Gasteiger partial charge in [0.05, 0.1) is 4.90 Å². The fourth-order valence-electron chi connectivity index (χ4n) is 1.98. The summed E-state index contributed by atoms with van der Waals surface area (Å²) in [5, 5.41) is 0. The zero-order valence-electron chi connectivity index (χ0n) is 14.4. The van der Waals surface area contributed by atoms with Crippen molar-refractivity contribution >= 4 is 28.2 Å². The van der Waals surface area contributed by atoms with Gasteiger partial charge >= 0.3 is 11.9 Å². The molecule has 0 atom stereocenters. The van der Waals surface area contributed by atoms with E-state index in [0.29, 0.717) is 5.56 Å². The van der Waals surface area contributed by atoms with Crippen molar-refractivity contribution < 1.29 is 27.5 Å². The minimum Gasteiger partial charge on any atom is -0.423 e. The molecule has 0 saturated heterocycles. The molecule has 0 aliphatic rings. The van der Waals surface area contributed by atoms with Gasteiger partial charge in [0.2, 0.25) is 0 Å². The molecule has 0 aromatic heterocycles. The Bertz CT molecular complexity index is 962. The third-order valence-corrected chi connectivity index (χ3v) is 4.39. The van der Waals surface area contributed by atoms with E-state index in [0.717, 1.165) is 11.8 Å². The van der Waals surface area contributed by atoms with Crippen LogP contribution in [0.3, 0.4) is 0 Å². The first kappa shape index (κ1) is 19.3. The van der Waals surface area contributed by atoms with Crippen molar-refractivity contribution in [1.82, 2.24) is 0 Å². The highest BCUT2D eigenvalue weighted by Crippen LogP contribution is 2.28. The van der Waals surface area contributed by atoms with Crippen LogP contribution in [0.4, 0.5) is 0 Å². The van der Waals surface area contributed by atoms with Crippen molar-refractivity contribution in [3.05, 3.63) is 53.6 Å². The Labute approximate surface area is 151 Å². The molecule has 0 amide bonds. The largest absolute Gasteiger partial charge is 0.423 e. The highest BCUT2D eigenvalue weighted by atomic mass is 32.2. The van der Waals surface area contributed by atoms with Crippen molar-refractivity contribution in [2.75, 3.05) is 0 Å². The number of ether oxygens (including phenoxy) is 2. The molecule has 8 heteroatoms. The maximum Gasteiger partial charge on any atom is 0.308 e. The van der Waals surface area contributed by atoms with Crippen LogP contribution in [0, 0.1) is 6.92 Å². The molecule has 0 saturated carbocycles. The molecule has 2 aromatic rings. The van der Waals surface area contributed by atoms with Gasteiger partial charge in [-0.15, -0.1) is 0 Å². The molecule has 0 fully saturated rings. The molecule has 2 aromatic carbocycles. The normalized spacial score (nSPS) is 11.3. The smallest absolute Gasteiger partial charge is 0.308 e. The van der Waals surface area contributed by atoms with E-state index in [4.69, 9.17) is 9.47 Å². The lowest BCUT2D eigenvalue weighted by molar-refractivity contribution is -0.134. The second kappa shape index (κ2) is 7.92. The zero-order chi connectivity index (χ0) is 19.3. The van der Waals surface area contributed by atoms with Crippen molar-refractivity contribution in [3.8, 4) is 11.5 Å². The number of carbonyl (C=O) groups is 2. The minimum atomic E-state index is -3.86. The van der Waals surface area contributed by atoms with Crippen LogP contribution < -0.4 is 9.47 Å². The molecular formula is C18H17NO6S. The number of benzene rings is 2. The summed E-state index contributed by atoms with van der Waals surface area (Å²) in [6, 6.07) is 10.5. The third-order valence-electron chi connectivity index (χ3n) is 3.13. The second-order valence-electron chi connectivity index (χ2n) is 5.42. The molecule has 0 spiro atoms. The lowest BCUT2D eigenvalue weighted by atomic mass is 10.2. The highest BCUT2D eigenvalue weighted by Gasteiger charge is 2.13. The Morgan fingerprint density at radius 1 is 0.923 bits per heavy atom. The van der Waals surface area contributed by atoms with Gasteiger partial charge < -0.3 is 9.47 Å². The fraction of sp³-hybridized carbons (Fsp3) is 0.167. The molecule has 0 aliphatic heterocycles. The van der Waals surface area contributed by atoms with Crippen LogP contribution in [0.1, 0.15) is 25.0 Å². The maximum atomic E-state index is 12.2. The molecular weight excluding hydrogens is 358 g/mol. The van der Waals surface area contributed by atoms with Gasteiger partial charge in [-0.3, -0.25) is 9.59 Å². The summed E-state index contributed by atoms with van der Waals surface area (Å²) in [5.74, 6) is -1.16. The summed E-state index contributed by atoms with van der Waals surface area (Å²) in [6.07, 6.45) is 1.12. The quantitative estimate of drug-likeness (QED) is 0.453. The van der Waals surface area contributed by atoms with Crippen molar-refractivity contribution in [2.45, 2.75) is 25.7 Å². The second-order valence-corrected chi connectivity index (χ2v) is 7.05. The maximum absolute atomic E-state index is 12.2. The molecule has 0 aliphatic carbocycles. The Morgan fingerprint density at radius 2 is 1.50 bits per heavy atom. The predicted octanol–water partition coefficient (Wildman–Crippen LogP) is 2.65. The summed E-state index contributed by atoms with van der Waals surface area (Å²) < 4.78 is 38.1. The lowest BCUT2D eigenvalue weighted by Gasteiger charge is -2.09. The number of rotatable bonds is 5. The van der Waals surface area contributed by atoms with Crippen LogP contribution in [-0.4, -0.2) is 26.6 Å². The zero-order valence-corrected chi connectivity index (χ0v) is 15.2. The Morgan fingerprint density at radius 3 is 2.08 bits per heavy atom. The molecule has 2 rings (SSSR count). The average molecular weight is 375 g/mol. The molecule has 0 N–H and O–H groups in total. The number of sulfonamides is 1. The summed E-state index contributed by atoms with van der Waals surface area (Å²) >= 11 is 0. The van der Waals surface area contributed by atoms with Gasteiger partial charge in [-0.1, -0.05) is 17.7 Å². The van der Waals surface area contributed by atoms with Crippen molar-refractivity contribution in [1.29, 1.82) is 0 Å². The standard InChI is InChI=1S/C18H17NO6S/c1-12-4-7-16(8-5-12)26(22,23)19-11-15-6-9-17(24-13(2)20)18(10-15)25-14(3)21/h4-11H,1-3H3/b19-11+. The predicted molar refractivity (Wildman–Crippen MR) is 95.0 cm³/mol. The summed E-state index contributed by atoms with van der Waals surface area (Å²) in [6.45, 7) is 4.25. The summed E-state index contributed by atoms with van der Waals surface area (Å²) in [5.41, 5.74) is 1.29. The first-order chi connectivity index (χ1) is 12.2.